The lowest BCUT2D eigenvalue weighted by Gasteiger charge is -2.08. The minimum absolute atomic E-state index is 0.125. The molecule has 1 rings (SSSR count). The van der Waals surface area contributed by atoms with Crippen LogP contribution in [0.2, 0.25) is 0 Å². The third-order valence-electron chi connectivity index (χ3n) is 2.09. The van der Waals surface area contributed by atoms with E-state index in [0.717, 1.165) is 14.7 Å². The smallest absolute Gasteiger partial charge is 0.132 e. The predicted octanol–water partition coefficient (Wildman–Crippen LogP) is 3.21. The van der Waals surface area contributed by atoms with Crippen molar-refractivity contribution in [2.24, 2.45) is 0 Å². The molecule has 1 nitrogen and oxygen atoms in total. The van der Waals surface area contributed by atoms with Crippen LogP contribution in [0.25, 0.3) is 0 Å². The molecule has 0 aliphatic heterocycles. The van der Waals surface area contributed by atoms with E-state index in [0.29, 0.717) is 13.0 Å². The molecule has 4 heteroatoms. The summed E-state index contributed by atoms with van der Waals surface area (Å²) in [7, 11) is 0.789. The SMILES string of the molecule is CCc1c(F)cc(OCCPC)cc1F. The quantitative estimate of drug-likeness (QED) is 0.559. The fraction of sp³-hybridized carbons (Fsp3) is 0.455. The summed E-state index contributed by atoms with van der Waals surface area (Å²) in [5.41, 5.74) is 0.125. The van der Waals surface area contributed by atoms with Crippen molar-refractivity contribution in [2.75, 3.05) is 19.4 Å². The summed E-state index contributed by atoms with van der Waals surface area (Å²) in [4.78, 5) is 0. The van der Waals surface area contributed by atoms with Crippen LogP contribution in [-0.2, 0) is 6.42 Å². The standard InChI is InChI=1S/C11H15F2OP/c1-3-9-10(12)6-8(7-11(9)13)14-4-5-15-2/h6-7,15H,3-5H2,1-2H3. The lowest BCUT2D eigenvalue weighted by atomic mass is 10.1. The molecular weight excluding hydrogens is 217 g/mol. The summed E-state index contributed by atoms with van der Waals surface area (Å²) in [5.74, 6) is -0.765. The first kappa shape index (κ1) is 12.4. The van der Waals surface area contributed by atoms with E-state index in [1.54, 1.807) is 6.92 Å². The van der Waals surface area contributed by atoms with Gasteiger partial charge in [0.05, 0.1) is 6.61 Å². The Bertz CT molecular complexity index is 305. The van der Waals surface area contributed by atoms with Gasteiger partial charge in [0.2, 0.25) is 0 Å². The Hall–Kier alpha value is -0.690. The second-order valence-corrected chi connectivity index (χ2v) is 4.38. The minimum Gasteiger partial charge on any atom is -0.493 e. The van der Waals surface area contributed by atoms with Crippen LogP contribution < -0.4 is 4.74 Å². The maximum Gasteiger partial charge on any atom is 0.132 e. The van der Waals surface area contributed by atoms with Crippen LogP contribution in [0.3, 0.4) is 0 Å². The van der Waals surface area contributed by atoms with Gasteiger partial charge < -0.3 is 4.74 Å². The van der Waals surface area contributed by atoms with Crippen LogP contribution in [0, 0.1) is 11.6 Å². The third kappa shape index (κ3) is 3.42. The number of halogens is 2. The summed E-state index contributed by atoms with van der Waals surface area (Å²) in [6.45, 7) is 4.30. The summed E-state index contributed by atoms with van der Waals surface area (Å²) < 4.78 is 31.8. The van der Waals surface area contributed by atoms with Gasteiger partial charge in [-0.1, -0.05) is 6.92 Å². The van der Waals surface area contributed by atoms with Crippen LogP contribution in [-0.4, -0.2) is 19.4 Å². The second kappa shape index (κ2) is 6.02. The first-order valence-electron chi connectivity index (χ1n) is 4.94. The molecule has 0 radical (unpaired) electrons. The van der Waals surface area contributed by atoms with Gasteiger partial charge in [-0.3, -0.25) is 0 Å². The van der Waals surface area contributed by atoms with Crippen molar-refractivity contribution < 1.29 is 13.5 Å². The molecular formula is C11H15F2OP. The zero-order valence-electron chi connectivity index (χ0n) is 8.94. The highest BCUT2D eigenvalue weighted by atomic mass is 31.1. The van der Waals surface area contributed by atoms with Gasteiger partial charge in [0, 0.05) is 17.7 Å². The lowest BCUT2D eigenvalue weighted by molar-refractivity contribution is 0.338. The fourth-order valence-corrected chi connectivity index (χ4v) is 1.58. The highest BCUT2D eigenvalue weighted by Gasteiger charge is 2.09. The predicted molar refractivity (Wildman–Crippen MR) is 60.3 cm³/mol. The van der Waals surface area contributed by atoms with Crippen LogP contribution in [0.15, 0.2) is 12.1 Å². The van der Waals surface area contributed by atoms with Crippen LogP contribution in [0.5, 0.6) is 5.75 Å². The molecule has 1 atom stereocenters. The highest BCUT2D eigenvalue weighted by molar-refractivity contribution is 7.37. The zero-order chi connectivity index (χ0) is 11.3. The van der Waals surface area contributed by atoms with Gasteiger partial charge in [-0.15, -0.1) is 8.58 Å². The fourth-order valence-electron chi connectivity index (χ4n) is 1.27. The zero-order valence-corrected chi connectivity index (χ0v) is 9.94. The Balaban J connectivity index is 2.75. The van der Waals surface area contributed by atoms with E-state index in [9.17, 15) is 8.78 Å². The Morgan fingerprint density at radius 3 is 2.33 bits per heavy atom. The molecule has 0 amide bonds. The van der Waals surface area contributed by atoms with E-state index in [1.807, 2.05) is 0 Å². The molecule has 0 aromatic heterocycles. The molecule has 1 aromatic rings. The van der Waals surface area contributed by atoms with Crippen molar-refractivity contribution in [1.82, 2.24) is 0 Å². The molecule has 15 heavy (non-hydrogen) atoms. The van der Waals surface area contributed by atoms with Crippen LogP contribution in [0.4, 0.5) is 8.78 Å². The maximum absolute atomic E-state index is 13.3. The second-order valence-electron chi connectivity index (χ2n) is 3.17. The van der Waals surface area contributed by atoms with E-state index in [1.165, 1.54) is 12.1 Å². The molecule has 0 aliphatic carbocycles. The Morgan fingerprint density at radius 1 is 1.27 bits per heavy atom. The van der Waals surface area contributed by atoms with Gasteiger partial charge in [0.1, 0.15) is 17.4 Å². The monoisotopic (exact) mass is 232 g/mol. The van der Waals surface area contributed by atoms with Gasteiger partial charge in [-0.25, -0.2) is 8.78 Å². The topological polar surface area (TPSA) is 9.23 Å². The first-order valence-corrected chi connectivity index (χ1v) is 6.65. The number of benzene rings is 1. The van der Waals surface area contributed by atoms with Crippen LogP contribution in [0.1, 0.15) is 12.5 Å². The average molecular weight is 232 g/mol. The van der Waals surface area contributed by atoms with Crippen molar-refractivity contribution >= 4 is 8.58 Å². The number of rotatable bonds is 5. The molecule has 0 heterocycles. The van der Waals surface area contributed by atoms with Crippen LogP contribution >= 0.6 is 8.58 Å². The van der Waals surface area contributed by atoms with Gasteiger partial charge >= 0.3 is 0 Å². The summed E-state index contributed by atoms with van der Waals surface area (Å²) in [5, 5.41) is 0. The molecule has 1 aromatic carbocycles. The maximum atomic E-state index is 13.3. The number of hydrogen-bond donors (Lipinski definition) is 0. The molecule has 0 bridgehead atoms. The van der Waals surface area contributed by atoms with E-state index in [-0.39, 0.29) is 11.3 Å². The van der Waals surface area contributed by atoms with Crippen molar-refractivity contribution in [2.45, 2.75) is 13.3 Å². The van der Waals surface area contributed by atoms with E-state index in [4.69, 9.17) is 4.74 Å². The van der Waals surface area contributed by atoms with Gasteiger partial charge in [0.15, 0.2) is 0 Å². The van der Waals surface area contributed by atoms with Gasteiger partial charge in [-0.2, -0.15) is 0 Å². The average Bonchev–Trinajstić information content (AvgIpc) is 2.18. The molecule has 84 valence electrons. The molecule has 1 unspecified atom stereocenters. The van der Waals surface area contributed by atoms with Crippen molar-refractivity contribution in [3.63, 3.8) is 0 Å². The molecule has 0 N–H and O–H groups in total. The molecule has 0 spiro atoms. The number of hydrogen-bond acceptors (Lipinski definition) is 1. The van der Waals surface area contributed by atoms with E-state index in [2.05, 4.69) is 6.66 Å². The van der Waals surface area contributed by atoms with Gasteiger partial charge in [0.25, 0.3) is 0 Å². The summed E-state index contributed by atoms with van der Waals surface area (Å²) in [6.07, 6.45) is 1.27. The van der Waals surface area contributed by atoms with Gasteiger partial charge in [-0.05, 0) is 19.2 Å². The molecule has 0 fully saturated rings. The van der Waals surface area contributed by atoms with Crippen molar-refractivity contribution in [3.05, 3.63) is 29.3 Å². The first-order chi connectivity index (χ1) is 7.19. The largest absolute Gasteiger partial charge is 0.493 e. The third-order valence-corrected chi connectivity index (χ3v) is 2.79. The summed E-state index contributed by atoms with van der Waals surface area (Å²) in [6, 6.07) is 2.50. The lowest BCUT2D eigenvalue weighted by Crippen LogP contribution is -2.01. The minimum atomic E-state index is -0.522. The Labute approximate surface area is 90.6 Å². The van der Waals surface area contributed by atoms with E-state index < -0.39 is 11.6 Å². The summed E-state index contributed by atoms with van der Waals surface area (Å²) >= 11 is 0. The number of ether oxygens (including phenoxy) is 1. The molecule has 0 saturated carbocycles. The van der Waals surface area contributed by atoms with Crippen molar-refractivity contribution in [1.29, 1.82) is 0 Å². The molecule has 0 aliphatic rings. The molecule has 0 saturated heterocycles. The Morgan fingerprint density at radius 2 is 1.87 bits per heavy atom. The van der Waals surface area contributed by atoms with E-state index >= 15 is 0 Å². The van der Waals surface area contributed by atoms with Crippen molar-refractivity contribution in [3.8, 4) is 5.75 Å². The highest BCUT2D eigenvalue weighted by Crippen LogP contribution is 2.21. The normalized spacial score (nSPS) is 11.2. The Kier molecular flexibility index (Phi) is 4.97.